The molecule has 0 aliphatic heterocycles. The van der Waals surface area contributed by atoms with E-state index in [-0.39, 0.29) is 18.0 Å². The van der Waals surface area contributed by atoms with Crippen LogP contribution in [0.2, 0.25) is 5.02 Å². The summed E-state index contributed by atoms with van der Waals surface area (Å²) in [6, 6.07) is 18.9. The minimum atomic E-state index is -1.13. The van der Waals surface area contributed by atoms with Crippen LogP contribution in [0.4, 0.5) is 5.69 Å². The van der Waals surface area contributed by atoms with Crippen LogP contribution in [0.5, 0.6) is 5.75 Å². The van der Waals surface area contributed by atoms with Crippen LogP contribution in [0.1, 0.15) is 27.9 Å². The second-order valence-electron chi connectivity index (χ2n) is 7.85. The molecule has 2 heterocycles. The number of amides is 3. The van der Waals surface area contributed by atoms with E-state index in [9.17, 15) is 14.4 Å². The number of anilines is 1. The maximum Gasteiger partial charge on any atom is 0.287 e. The van der Waals surface area contributed by atoms with Gasteiger partial charge in [-0.25, -0.2) is 0 Å². The number of methoxy groups -OCH3 is 1. The first-order valence-corrected chi connectivity index (χ1v) is 11.7. The summed E-state index contributed by atoms with van der Waals surface area (Å²) in [7, 11) is 1.45. The molecular weight excluding hydrogens is 498 g/mol. The standard InChI is InChI=1S/C27H24ClN3O6/c1-35-22-12-11-19(28)15-21(22)31(24(32)17-30-26(33)23-10-6-14-37-23)25(18-7-3-2-4-8-18)27(34)29-16-20-9-5-13-36-20/h2-15,25H,16-17H2,1H3,(H,29,34)(H,30,33)/t25-/m0/s1. The zero-order valence-electron chi connectivity index (χ0n) is 19.8. The van der Waals surface area contributed by atoms with E-state index in [0.717, 1.165) is 0 Å². The van der Waals surface area contributed by atoms with Crippen molar-refractivity contribution in [1.29, 1.82) is 0 Å². The molecule has 190 valence electrons. The highest BCUT2D eigenvalue weighted by molar-refractivity contribution is 6.31. The van der Waals surface area contributed by atoms with Crippen molar-refractivity contribution in [3.8, 4) is 5.75 Å². The second-order valence-corrected chi connectivity index (χ2v) is 8.29. The summed E-state index contributed by atoms with van der Waals surface area (Å²) in [5.41, 5.74) is 0.793. The Balaban J connectivity index is 1.72. The Labute approximate surface area is 218 Å². The molecule has 0 aliphatic rings. The molecule has 0 fully saturated rings. The van der Waals surface area contributed by atoms with Crippen LogP contribution < -0.4 is 20.3 Å². The van der Waals surface area contributed by atoms with Crippen molar-refractivity contribution in [3.05, 3.63) is 107 Å². The molecule has 1 atom stereocenters. The second kappa shape index (κ2) is 12.0. The highest BCUT2D eigenvalue weighted by Gasteiger charge is 2.34. The number of furan rings is 2. The molecule has 0 aliphatic carbocycles. The van der Waals surface area contributed by atoms with E-state index < -0.39 is 30.3 Å². The normalized spacial score (nSPS) is 11.4. The van der Waals surface area contributed by atoms with Crippen LogP contribution in [-0.2, 0) is 16.1 Å². The molecule has 0 unspecified atom stereocenters. The lowest BCUT2D eigenvalue weighted by Crippen LogP contribution is -2.47. The van der Waals surface area contributed by atoms with E-state index >= 15 is 0 Å². The Kier molecular flexibility index (Phi) is 8.27. The molecule has 4 aromatic rings. The molecule has 9 nitrogen and oxygen atoms in total. The molecule has 3 amide bonds. The molecule has 0 radical (unpaired) electrons. The smallest absolute Gasteiger partial charge is 0.287 e. The molecule has 0 saturated carbocycles. The van der Waals surface area contributed by atoms with Crippen LogP contribution in [-0.4, -0.2) is 31.4 Å². The van der Waals surface area contributed by atoms with Gasteiger partial charge in [-0.15, -0.1) is 0 Å². The Hall–Kier alpha value is -4.50. The van der Waals surface area contributed by atoms with Crippen LogP contribution in [0.25, 0.3) is 0 Å². The Bertz CT molecular complexity index is 1340. The van der Waals surface area contributed by atoms with Gasteiger partial charge in [0.25, 0.3) is 5.91 Å². The topological polar surface area (TPSA) is 114 Å². The molecule has 0 bridgehead atoms. The fourth-order valence-electron chi connectivity index (χ4n) is 3.74. The maximum absolute atomic E-state index is 13.7. The van der Waals surface area contributed by atoms with Crippen molar-refractivity contribution in [2.24, 2.45) is 0 Å². The lowest BCUT2D eigenvalue weighted by Gasteiger charge is -2.32. The summed E-state index contributed by atoms with van der Waals surface area (Å²) in [5.74, 6) is -0.720. The summed E-state index contributed by atoms with van der Waals surface area (Å²) in [4.78, 5) is 41.1. The number of hydrogen-bond acceptors (Lipinski definition) is 6. The van der Waals surface area contributed by atoms with Crippen molar-refractivity contribution in [2.75, 3.05) is 18.6 Å². The fraction of sp³-hybridized carbons (Fsp3) is 0.148. The minimum Gasteiger partial charge on any atom is -0.495 e. The van der Waals surface area contributed by atoms with E-state index in [2.05, 4.69) is 10.6 Å². The number of nitrogens with zero attached hydrogens (tertiary/aromatic N) is 1. The van der Waals surface area contributed by atoms with Gasteiger partial charge in [0.05, 0.1) is 38.4 Å². The van der Waals surface area contributed by atoms with Crippen molar-refractivity contribution in [1.82, 2.24) is 10.6 Å². The van der Waals surface area contributed by atoms with Gasteiger partial charge in [0.15, 0.2) is 5.76 Å². The van der Waals surface area contributed by atoms with E-state index in [0.29, 0.717) is 22.1 Å². The molecule has 0 saturated heterocycles. The number of ether oxygens (including phenoxy) is 1. The van der Waals surface area contributed by atoms with E-state index in [1.54, 1.807) is 60.7 Å². The third-order valence-corrected chi connectivity index (χ3v) is 5.69. The molecule has 10 heteroatoms. The van der Waals surface area contributed by atoms with Gasteiger partial charge in [0, 0.05) is 5.02 Å². The number of benzene rings is 2. The summed E-state index contributed by atoms with van der Waals surface area (Å²) < 4.78 is 15.9. The lowest BCUT2D eigenvalue weighted by atomic mass is 10.0. The van der Waals surface area contributed by atoms with Gasteiger partial charge in [-0.3, -0.25) is 19.3 Å². The van der Waals surface area contributed by atoms with Gasteiger partial charge in [0.1, 0.15) is 17.6 Å². The first-order valence-electron chi connectivity index (χ1n) is 11.3. The van der Waals surface area contributed by atoms with Crippen molar-refractivity contribution < 1.29 is 28.0 Å². The Morgan fingerprint density at radius 3 is 2.38 bits per heavy atom. The van der Waals surface area contributed by atoms with Crippen LogP contribution in [0.15, 0.2) is 94.2 Å². The highest BCUT2D eigenvalue weighted by atomic mass is 35.5. The molecular formula is C27H24ClN3O6. The zero-order valence-corrected chi connectivity index (χ0v) is 20.6. The summed E-state index contributed by atoms with van der Waals surface area (Å²) in [6.45, 7) is -0.316. The van der Waals surface area contributed by atoms with Crippen molar-refractivity contribution in [3.63, 3.8) is 0 Å². The van der Waals surface area contributed by atoms with E-state index in [1.165, 1.54) is 36.7 Å². The predicted molar refractivity (Wildman–Crippen MR) is 136 cm³/mol. The molecule has 2 aromatic heterocycles. The monoisotopic (exact) mass is 521 g/mol. The van der Waals surface area contributed by atoms with E-state index in [4.69, 9.17) is 25.2 Å². The van der Waals surface area contributed by atoms with Gasteiger partial charge in [0.2, 0.25) is 11.8 Å². The third kappa shape index (κ3) is 6.20. The lowest BCUT2D eigenvalue weighted by molar-refractivity contribution is -0.126. The largest absolute Gasteiger partial charge is 0.495 e. The SMILES string of the molecule is COc1ccc(Cl)cc1N(C(=O)CNC(=O)c1ccco1)[C@H](C(=O)NCc1ccco1)c1ccccc1. The first-order chi connectivity index (χ1) is 18.0. The first kappa shape index (κ1) is 25.6. The number of carbonyl (C=O) groups is 3. The molecule has 2 N–H and O–H groups in total. The van der Waals surface area contributed by atoms with E-state index in [1.807, 2.05) is 0 Å². The van der Waals surface area contributed by atoms with Crippen molar-refractivity contribution >= 4 is 35.0 Å². The Morgan fingerprint density at radius 1 is 0.946 bits per heavy atom. The molecule has 4 rings (SSSR count). The zero-order chi connectivity index (χ0) is 26.2. The minimum absolute atomic E-state index is 0.0514. The van der Waals surface area contributed by atoms with Gasteiger partial charge in [-0.2, -0.15) is 0 Å². The predicted octanol–water partition coefficient (Wildman–Crippen LogP) is 4.36. The quantitative estimate of drug-likeness (QED) is 0.320. The molecule has 2 aromatic carbocycles. The number of rotatable bonds is 10. The van der Waals surface area contributed by atoms with Crippen molar-refractivity contribution in [2.45, 2.75) is 12.6 Å². The molecule has 0 spiro atoms. The number of halogens is 1. The summed E-state index contributed by atoms with van der Waals surface area (Å²) >= 11 is 6.29. The number of carbonyl (C=O) groups excluding carboxylic acids is 3. The van der Waals surface area contributed by atoms with Gasteiger partial charge in [-0.05, 0) is 48.0 Å². The number of nitrogens with one attached hydrogen (secondary N) is 2. The highest BCUT2D eigenvalue weighted by Crippen LogP contribution is 2.37. The maximum atomic E-state index is 13.7. The fourth-order valence-corrected chi connectivity index (χ4v) is 3.91. The van der Waals surface area contributed by atoms with Gasteiger partial charge in [-0.1, -0.05) is 41.9 Å². The van der Waals surface area contributed by atoms with Crippen LogP contribution >= 0.6 is 11.6 Å². The average molecular weight is 522 g/mol. The summed E-state index contributed by atoms with van der Waals surface area (Å²) in [5, 5.41) is 5.70. The van der Waals surface area contributed by atoms with Gasteiger partial charge >= 0.3 is 0 Å². The van der Waals surface area contributed by atoms with Crippen LogP contribution in [0, 0.1) is 0 Å². The van der Waals surface area contributed by atoms with Gasteiger partial charge < -0.3 is 24.2 Å². The number of hydrogen-bond donors (Lipinski definition) is 2. The third-order valence-electron chi connectivity index (χ3n) is 5.45. The average Bonchev–Trinajstić information content (AvgIpc) is 3.64. The van der Waals surface area contributed by atoms with Crippen LogP contribution in [0.3, 0.4) is 0 Å². The Morgan fingerprint density at radius 2 is 1.70 bits per heavy atom. The summed E-state index contributed by atoms with van der Waals surface area (Å²) in [6.07, 6.45) is 2.86. The molecule has 37 heavy (non-hydrogen) atoms.